The van der Waals surface area contributed by atoms with Crippen LogP contribution >= 0.6 is 0 Å². The van der Waals surface area contributed by atoms with E-state index in [-0.39, 0.29) is 24.4 Å². The van der Waals surface area contributed by atoms with Crippen LogP contribution in [0.25, 0.3) is 11.4 Å². The van der Waals surface area contributed by atoms with Gasteiger partial charge in [0.1, 0.15) is 6.04 Å². The van der Waals surface area contributed by atoms with Gasteiger partial charge in [0.25, 0.3) is 0 Å². The van der Waals surface area contributed by atoms with Crippen molar-refractivity contribution < 1.29 is 14.1 Å². The molecule has 1 unspecified atom stereocenters. The highest BCUT2D eigenvalue weighted by atomic mass is 16.5. The van der Waals surface area contributed by atoms with Crippen LogP contribution in [0, 0.1) is 5.92 Å². The predicted octanol–water partition coefficient (Wildman–Crippen LogP) is 1.18. The van der Waals surface area contributed by atoms with E-state index in [2.05, 4.69) is 25.8 Å². The van der Waals surface area contributed by atoms with Gasteiger partial charge in [-0.15, -0.1) is 0 Å². The van der Waals surface area contributed by atoms with Gasteiger partial charge in [-0.2, -0.15) is 4.98 Å². The Morgan fingerprint density at radius 3 is 2.75 bits per heavy atom. The molecular weight excluding hydrogens is 310 g/mol. The van der Waals surface area contributed by atoms with Gasteiger partial charge in [0, 0.05) is 31.6 Å². The van der Waals surface area contributed by atoms with Gasteiger partial charge in [0.2, 0.25) is 17.6 Å². The summed E-state index contributed by atoms with van der Waals surface area (Å²) in [6, 6.07) is 3.26. The summed E-state index contributed by atoms with van der Waals surface area (Å²) >= 11 is 0. The molecule has 0 radical (unpaired) electrons. The predicted molar refractivity (Wildman–Crippen MR) is 88.0 cm³/mol. The number of nitrogens with one attached hydrogen (secondary N) is 2. The van der Waals surface area contributed by atoms with Crippen molar-refractivity contribution in [1.29, 1.82) is 0 Å². The molecule has 2 rings (SSSR count). The SMILES string of the molecule is COCCNCC(=O)NC(c1nc(-c2ccncc2)no1)C(C)C. The van der Waals surface area contributed by atoms with E-state index in [1.165, 1.54) is 0 Å². The van der Waals surface area contributed by atoms with Crippen LogP contribution in [0.2, 0.25) is 0 Å². The van der Waals surface area contributed by atoms with Crippen molar-refractivity contribution in [2.45, 2.75) is 19.9 Å². The van der Waals surface area contributed by atoms with Crippen LogP contribution in [0.3, 0.4) is 0 Å². The molecule has 2 heterocycles. The van der Waals surface area contributed by atoms with Gasteiger partial charge >= 0.3 is 0 Å². The quantitative estimate of drug-likeness (QED) is 0.664. The standard InChI is InChI=1S/C16H23N5O3/c1-11(2)14(19-13(22)10-18-8-9-23-3)16-20-15(21-24-16)12-4-6-17-7-5-12/h4-7,11,14,18H,8-10H2,1-3H3,(H,19,22). The third-order valence-electron chi connectivity index (χ3n) is 3.40. The van der Waals surface area contributed by atoms with E-state index in [4.69, 9.17) is 9.26 Å². The minimum Gasteiger partial charge on any atom is -0.383 e. The summed E-state index contributed by atoms with van der Waals surface area (Å²) in [6.07, 6.45) is 3.33. The monoisotopic (exact) mass is 333 g/mol. The lowest BCUT2D eigenvalue weighted by Gasteiger charge is -2.18. The average Bonchev–Trinajstić information content (AvgIpc) is 3.07. The highest BCUT2D eigenvalue weighted by Crippen LogP contribution is 2.23. The number of pyridine rings is 1. The fourth-order valence-electron chi connectivity index (χ4n) is 2.09. The highest BCUT2D eigenvalue weighted by molar-refractivity contribution is 5.78. The number of ether oxygens (including phenoxy) is 1. The molecule has 8 heteroatoms. The van der Waals surface area contributed by atoms with Gasteiger partial charge in [-0.1, -0.05) is 19.0 Å². The first-order valence-electron chi connectivity index (χ1n) is 7.85. The molecule has 2 aromatic rings. The Kier molecular flexibility index (Phi) is 6.83. The van der Waals surface area contributed by atoms with Gasteiger partial charge in [-0.3, -0.25) is 9.78 Å². The first-order chi connectivity index (χ1) is 11.6. The summed E-state index contributed by atoms with van der Waals surface area (Å²) in [7, 11) is 1.62. The molecule has 0 aliphatic carbocycles. The fraction of sp³-hybridized carbons (Fsp3) is 0.500. The van der Waals surface area contributed by atoms with Crippen LogP contribution in [-0.2, 0) is 9.53 Å². The number of hydrogen-bond acceptors (Lipinski definition) is 7. The Labute approximate surface area is 141 Å². The first-order valence-corrected chi connectivity index (χ1v) is 7.85. The smallest absolute Gasteiger partial charge is 0.249 e. The largest absolute Gasteiger partial charge is 0.383 e. The number of aromatic nitrogens is 3. The molecule has 0 fully saturated rings. The van der Waals surface area contributed by atoms with Gasteiger partial charge < -0.3 is 19.9 Å². The van der Waals surface area contributed by atoms with Gasteiger partial charge in [-0.25, -0.2) is 0 Å². The second-order valence-electron chi connectivity index (χ2n) is 5.65. The Hall–Kier alpha value is -2.32. The van der Waals surface area contributed by atoms with E-state index in [1.54, 1.807) is 31.6 Å². The number of hydrogen-bond donors (Lipinski definition) is 2. The Morgan fingerprint density at radius 1 is 1.33 bits per heavy atom. The van der Waals surface area contributed by atoms with Gasteiger partial charge in [0.15, 0.2) is 0 Å². The van der Waals surface area contributed by atoms with Crippen molar-refractivity contribution in [3.63, 3.8) is 0 Å². The highest BCUT2D eigenvalue weighted by Gasteiger charge is 2.24. The molecule has 2 N–H and O–H groups in total. The zero-order valence-electron chi connectivity index (χ0n) is 14.2. The van der Waals surface area contributed by atoms with Crippen LogP contribution in [0.4, 0.5) is 0 Å². The molecule has 0 aliphatic rings. The van der Waals surface area contributed by atoms with E-state index >= 15 is 0 Å². The van der Waals surface area contributed by atoms with E-state index in [1.807, 2.05) is 13.8 Å². The second-order valence-corrected chi connectivity index (χ2v) is 5.65. The molecule has 2 aromatic heterocycles. The molecule has 0 aliphatic heterocycles. The van der Waals surface area contributed by atoms with Crippen molar-refractivity contribution >= 4 is 5.91 Å². The second kappa shape index (κ2) is 9.09. The zero-order chi connectivity index (χ0) is 17.4. The van der Waals surface area contributed by atoms with Crippen LogP contribution in [0.5, 0.6) is 0 Å². The van der Waals surface area contributed by atoms with Crippen molar-refractivity contribution in [3.8, 4) is 11.4 Å². The summed E-state index contributed by atoms with van der Waals surface area (Å²) in [5.41, 5.74) is 0.815. The fourth-order valence-corrected chi connectivity index (χ4v) is 2.09. The summed E-state index contributed by atoms with van der Waals surface area (Å²) in [6.45, 7) is 5.35. The number of carbonyl (C=O) groups is 1. The number of amides is 1. The number of carbonyl (C=O) groups excluding carboxylic acids is 1. The maximum Gasteiger partial charge on any atom is 0.249 e. The molecule has 0 saturated carbocycles. The topological polar surface area (TPSA) is 102 Å². The first kappa shape index (κ1) is 18.0. The molecule has 24 heavy (non-hydrogen) atoms. The lowest BCUT2D eigenvalue weighted by molar-refractivity contribution is -0.121. The Bertz CT molecular complexity index is 630. The van der Waals surface area contributed by atoms with Crippen LogP contribution < -0.4 is 10.6 Å². The Balaban J connectivity index is 2.00. The lowest BCUT2D eigenvalue weighted by atomic mass is 10.0. The summed E-state index contributed by atoms with van der Waals surface area (Å²) in [5.74, 6) is 0.847. The molecule has 0 bridgehead atoms. The summed E-state index contributed by atoms with van der Waals surface area (Å²) in [4.78, 5) is 20.4. The van der Waals surface area contributed by atoms with Crippen molar-refractivity contribution in [2.24, 2.45) is 5.92 Å². The van der Waals surface area contributed by atoms with E-state index < -0.39 is 0 Å². The summed E-state index contributed by atoms with van der Waals surface area (Å²) in [5, 5.41) is 9.91. The molecule has 0 spiro atoms. The molecule has 8 nitrogen and oxygen atoms in total. The van der Waals surface area contributed by atoms with Gasteiger partial charge in [0.05, 0.1) is 13.2 Å². The van der Waals surface area contributed by atoms with Crippen molar-refractivity contribution in [2.75, 3.05) is 26.8 Å². The minimum atomic E-state index is -0.343. The third-order valence-corrected chi connectivity index (χ3v) is 3.40. The van der Waals surface area contributed by atoms with E-state index in [0.29, 0.717) is 24.9 Å². The van der Waals surface area contributed by atoms with E-state index in [9.17, 15) is 4.79 Å². The van der Waals surface area contributed by atoms with Gasteiger partial charge in [-0.05, 0) is 18.1 Å². The van der Waals surface area contributed by atoms with Crippen LogP contribution in [-0.4, -0.2) is 47.8 Å². The molecule has 1 atom stereocenters. The summed E-state index contributed by atoms with van der Waals surface area (Å²) < 4.78 is 10.3. The molecule has 0 saturated heterocycles. The van der Waals surface area contributed by atoms with Crippen LogP contribution in [0.1, 0.15) is 25.8 Å². The third kappa shape index (κ3) is 5.10. The number of methoxy groups -OCH3 is 1. The molecular formula is C16H23N5O3. The minimum absolute atomic E-state index is 0.110. The zero-order valence-corrected chi connectivity index (χ0v) is 14.2. The van der Waals surface area contributed by atoms with Crippen LogP contribution in [0.15, 0.2) is 29.0 Å². The average molecular weight is 333 g/mol. The number of rotatable bonds is 9. The van der Waals surface area contributed by atoms with Crippen molar-refractivity contribution in [1.82, 2.24) is 25.8 Å². The number of nitrogens with zero attached hydrogens (tertiary/aromatic N) is 3. The lowest BCUT2D eigenvalue weighted by Crippen LogP contribution is -2.39. The van der Waals surface area contributed by atoms with Crippen molar-refractivity contribution in [3.05, 3.63) is 30.4 Å². The Morgan fingerprint density at radius 2 is 2.08 bits per heavy atom. The molecule has 0 aromatic carbocycles. The normalized spacial score (nSPS) is 12.3. The maximum absolute atomic E-state index is 12.1. The molecule has 1 amide bonds. The van der Waals surface area contributed by atoms with E-state index in [0.717, 1.165) is 5.56 Å². The maximum atomic E-state index is 12.1. The molecule has 130 valence electrons.